The Balaban J connectivity index is 1.52. The van der Waals surface area contributed by atoms with E-state index in [1.54, 1.807) is 11.3 Å². The maximum absolute atomic E-state index is 12.4. The summed E-state index contributed by atoms with van der Waals surface area (Å²) in [6.45, 7) is 7.42. The fourth-order valence-electron chi connectivity index (χ4n) is 4.50. The van der Waals surface area contributed by atoms with Crippen molar-refractivity contribution >= 4 is 28.7 Å². The molecule has 1 atom stereocenters. The Morgan fingerprint density at radius 2 is 2.04 bits per heavy atom. The molecular weight excluding hydrogens is 370 g/mol. The van der Waals surface area contributed by atoms with Crippen LogP contribution in [0, 0.1) is 13.8 Å². The highest BCUT2D eigenvalue weighted by atomic mass is 32.1. The second-order valence-corrected chi connectivity index (χ2v) is 8.98. The molecule has 0 aliphatic carbocycles. The second kappa shape index (κ2) is 6.97. The molecule has 2 aliphatic heterocycles. The Kier molecular flexibility index (Phi) is 4.44. The molecule has 0 spiro atoms. The molecule has 0 aromatic carbocycles. The molecule has 1 fully saturated rings. The van der Waals surface area contributed by atoms with Gasteiger partial charge < -0.3 is 5.32 Å². The molecule has 1 N–H and O–H groups in total. The number of hydrogen-bond acceptors (Lipinski definition) is 5. The molecule has 146 valence electrons. The number of hydrogen-bond donors (Lipinski definition) is 1. The van der Waals surface area contributed by atoms with E-state index in [0.29, 0.717) is 12.2 Å². The zero-order chi connectivity index (χ0) is 19.3. The Morgan fingerprint density at radius 3 is 2.86 bits per heavy atom. The number of nitrogens with zero attached hydrogens (tertiary/aromatic N) is 4. The van der Waals surface area contributed by atoms with Gasteiger partial charge in [-0.3, -0.25) is 9.69 Å². The van der Waals surface area contributed by atoms with Crippen LogP contribution in [0.4, 0.5) is 5.82 Å². The van der Waals surface area contributed by atoms with Crippen molar-refractivity contribution in [2.24, 2.45) is 0 Å². The highest BCUT2D eigenvalue weighted by Gasteiger charge is 2.33. The Labute approximate surface area is 168 Å². The average molecular weight is 396 g/mol. The normalized spacial score (nSPS) is 20.4. The first-order chi connectivity index (χ1) is 13.6. The maximum atomic E-state index is 12.4. The summed E-state index contributed by atoms with van der Waals surface area (Å²) in [6, 6.07) is 4.31. The van der Waals surface area contributed by atoms with E-state index in [1.165, 1.54) is 42.8 Å². The van der Waals surface area contributed by atoms with Gasteiger partial charge in [-0.1, -0.05) is 6.42 Å². The van der Waals surface area contributed by atoms with Crippen LogP contribution in [0.25, 0.3) is 5.65 Å². The third kappa shape index (κ3) is 3.12. The van der Waals surface area contributed by atoms with Crippen LogP contribution in [0.1, 0.15) is 59.0 Å². The van der Waals surface area contributed by atoms with Gasteiger partial charge in [-0.15, -0.1) is 16.4 Å². The fraction of sp³-hybridized carbons (Fsp3) is 0.476. The monoisotopic (exact) mass is 395 g/mol. The minimum atomic E-state index is 0.0232. The van der Waals surface area contributed by atoms with E-state index in [9.17, 15) is 4.79 Å². The third-order valence-electron chi connectivity index (χ3n) is 5.80. The summed E-state index contributed by atoms with van der Waals surface area (Å²) in [6.07, 6.45) is 4.41. The van der Waals surface area contributed by atoms with Crippen molar-refractivity contribution in [1.29, 1.82) is 0 Å². The summed E-state index contributed by atoms with van der Waals surface area (Å²) in [5.41, 5.74) is 5.27. The molecule has 2 aliphatic rings. The van der Waals surface area contributed by atoms with E-state index in [1.807, 2.05) is 24.4 Å². The predicted octanol–water partition coefficient (Wildman–Crippen LogP) is 3.87. The van der Waals surface area contributed by atoms with E-state index < -0.39 is 0 Å². The van der Waals surface area contributed by atoms with Crippen molar-refractivity contribution in [1.82, 2.24) is 19.5 Å². The van der Waals surface area contributed by atoms with Gasteiger partial charge in [0.05, 0.1) is 5.56 Å². The standard InChI is InChI=1S/C21H25N5OS/c1-13-8-14(2)26-21(22-13)19-16(10-18(27)23-20(19)24-26)17-9-15(12-28-17)11-25-6-4-3-5-7-25/h8-9,12,16H,3-7,10-11H2,1-2H3,(H,23,24,27). The highest BCUT2D eigenvalue weighted by Crippen LogP contribution is 2.41. The van der Waals surface area contributed by atoms with E-state index in [4.69, 9.17) is 4.98 Å². The van der Waals surface area contributed by atoms with Gasteiger partial charge >= 0.3 is 0 Å². The van der Waals surface area contributed by atoms with Crippen LogP contribution in [-0.4, -0.2) is 38.5 Å². The van der Waals surface area contributed by atoms with Gasteiger partial charge in [0.1, 0.15) is 0 Å². The summed E-state index contributed by atoms with van der Waals surface area (Å²) in [5.74, 6) is 0.713. The van der Waals surface area contributed by atoms with E-state index in [2.05, 4.69) is 26.8 Å². The molecule has 3 aromatic heterocycles. The van der Waals surface area contributed by atoms with Crippen LogP contribution in [0.3, 0.4) is 0 Å². The first-order valence-electron chi connectivity index (χ1n) is 10.0. The molecular formula is C21H25N5OS. The SMILES string of the molecule is Cc1cc(C)n2nc3c(c2n1)C(c1cc(CN2CCCCC2)cs1)CC(=O)N3. The number of amides is 1. The number of rotatable bonds is 3. The van der Waals surface area contributed by atoms with Crippen LogP contribution in [0.15, 0.2) is 17.5 Å². The number of piperidine rings is 1. The molecule has 1 unspecified atom stereocenters. The zero-order valence-electron chi connectivity index (χ0n) is 16.4. The summed E-state index contributed by atoms with van der Waals surface area (Å²) in [7, 11) is 0. The molecule has 5 rings (SSSR count). The van der Waals surface area contributed by atoms with Gasteiger partial charge in [-0.25, -0.2) is 9.50 Å². The minimum Gasteiger partial charge on any atom is -0.309 e. The second-order valence-electron chi connectivity index (χ2n) is 8.04. The number of carbonyl (C=O) groups excluding carboxylic acids is 1. The summed E-state index contributed by atoms with van der Waals surface area (Å²) in [4.78, 5) is 20.9. The lowest BCUT2D eigenvalue weighted by Crippen LogP contribution is -2.28. The van der Waals surface area contributed by atoms with Crippen LogP contribution in [0.2, 0.25) is 0 Å². The number of carbonyl (C=O) groups is 1. The van der Waals surface area contributed by atoms with Crippen LogP contribution >= 0.6 is 11.3 Å². The van der Waals surface area contributed by atoms with Crippen molar-refractivity contribution in [2.75, 3.05) is 18.4 Å². The number of fused-ring (bicyclic) bond motifs is 3. The van der Waals surface area contributed by atoms with Crippen molar-refractivity contribution in [2.45, 2.75) is 52.0 Å². The number of likely N-dealkylation sites (tertiary alicyclic amines) is 1. The molecule has 28 heavy (non-hydrogen) atoms. The highest BCUT2D eigenvalue weighted by molar-refractivity contribution is 7.10. The molecule has 0 radical (unpaired) electrons. The van der Waals surface area contributed by atoms with Gasteiger partial charge in [0.15, 0.2) is 11.5 Å². The van der Waals surface area contributed by atoms with Crippen molar-refractivity contribution < 1.29 is 4.79 Å². The summed E-state index contributed by atoms with van der Waals surface area (Å²) < 4.78 is 1.86. The topological polar surface area (TPSA) is 62.5 Å². The van der Waals surface area contributed by atoms with Gasteiger partial charge in [-0.2, -0.15) is 0 Å². The molecule has 1 saturated heterocycles. The molecule has 7 heteroatoms. The van der Waals surface area contributed by atoms with Crippen molar-refractivity contribution in [3.8, 4) is 0 Å². The van der Waals surface area contributed by atoms with Crippen LogP contribution < -0.4 is 5.32 Å². The first kappa shape index (κ1) is 17.8. The van der Waals surface area contributed by atoms with E-state index >= 15 is 0 Å². The quantitative estimate of drug-likeness (QED) is 0.731. The Hall–Kier alpha value is -2.25. The minimum absolute atomic E-state index is 0.0232. The molecule has 5 heterocycles. The number of aryl methyl sites for hydroxylation is 2. The summed E-state index contributed by atoms with van der Waals surface area (Å²) >= 11 is 1.76. The lowest BCUT2D eigenvalue weighted by atomic mass is 9.92. The predicted molar refractivity (Wildman–Crippen MR) is 111 cm³/mol. The van der Waals surface area contributed by atoms with Gasteiger partial charge in [-0.05, 0) is 62.9 Å². The average Bonchev–Trinajstić information content (AvgIpc) is 3.27. The number of thiophene rings is 1. The van der Waals surface area contributed by atoms with Gasteiger partial charge in [0.2, 0.25) is 5.91 Å². The lowest BCUT2D eigenvalue weighted by molar-refractivity contribution is -0.116. The number of aromatic nitrogens is 3. The summed E-state index contributed by atoms with van der Waals surface area (Å²) in [5, 5.41) is 9.85. The van der Waals surface area contributed by atoms with Gasteiger partial charge in [0.25, 0.3) is 0 Å². The molecule has 1 amide bonds. The maximum Gasteiger partial charge on any atom is 0.226 e. The zero-order valence-corrected chi connectivity index (χ0v) is 17.2. The van der Waals surface area contributed by atoms with Crippen LogP contribution in [0.5, 0.6) is 0 Å². The largest absolute Gasteiger partial charge is 0.309 e. The molecule has 0 saturated carbocycles. The fourth-order valence-corrected chi connectivity index (χ4v) is 5.51. The Morgan fingerprint density at radius 1 is 1.21 bits per heavy atom. The molecule has 0 bridgehead atoms. The third-order valence-corrected chi connectivity index (χ3v) is 6.89. The molecule has 3 aromatic rings. The van der Waals surface area contributed by atoms with E-state index in [0.717, 1.165) is 29.1 Å². The number of nitrogens with one attached hydrogen (secondary N) is 1. The van der Waals surface area contributed by atoms with Crippen molar-refractivity contribution in [3.05, 3.63) is 44.9 Å². The van der Waals surface area contributed by atoms with Crippen LogP contribution in [-0.2, 0) is 11.3 Å². The van der Waals surface area contributed by atoms with E-state index in [-0.39, 0.29) is 11.8 Å². The smallest absolute Gasteiger partial charge is 0.226 e. The Bertz CT molecular complexity index is 1050. The first-order valence-corrected chi connectivity index (χ1v) is 10.9. The van der Waals surface area contributed by atoms with Crippen molar-refractivity contribution in [3.63, 3.8) is 0 Å². The van der Waals surface area contributed by atoms with Gasteiger partial charge in [0, 0.05) is 35.1 Å². The lowest BCUT2D eigenvalue weighted by Gasteiger charge is -2.26. The molecule has 6 nitrogen and oxygen atoms in total. The number of anilines is 1.